The van der Waals surface area contributed by atoms with Crippen molar-refractivity contribution in [1.29, 1.82) is 0 Å². The van der Waals surface area contributed by atoms with Gasteiger partial charge in [-0.1, -0.05) is 47.6 Å². The minimum absolute atomic E-state index is 0.0915. The van der Waals surface area contributed by atoms with Gasteiger partial charge in [0.15, 0.2) is 0 Å². The van der Waals surface area contributed by atoms with Crippen molar-refractivity contribution in [2.45, 2.75) is 6.54 Å². The molecule has 0 aliphatic carbocycles. The van der Waals surface area contributed by atoms with Crippen LogP contribution in [0.5, 0.6) is 5.75 Å². The Morgan fingerprint density at radius 2 is 1.59 bits per heavy atom. The molecule has 0 spiro atoms. The van der Waals surface area contributed by atoms with E-state index in [4.69, 9.17) is 15.9 Å². The van der Waals surface area contributed by atoms with Crippen LogP contribution in [0, 0.1) is 0 Å². The van der Waals surface area contributed by atoms with Crippen LogP contribution in [0.15, 0.2) is 89.6 Å². The van der Waals surface area contributed by atoms with E-state index in [1.54, 1.807) is 12.4 Å². The van der Waals surface area contributed by atoms with E-state index in [-0.39, 0.29) is 11.8 Å². The van der Waals surface area contributed by atoms with Crippen molar-refractivity contribution in [3.05, 3.63) is 90.8 Å². The van der Waals surface area contributed by atoms with Gasteiger partial charge in [-0.05, 0) is 35.7 Å². The van der Waals surface area contributed by atoms with E-state index in [9.17, 15) is 5.11 Å². The summed E-state index contributed by atoms with van der Waals surface area (Å²) in [5.74, 6) is 0.596. The molecule has 0 bridgehead atoms. The van der Waals surface area contributed by atoms with E-state index in [0.29, 0.717) is 18.1 Å². The van der Waals surface area contributed by atoms with Gasteiger partial charge >= 0.3 is 6.01 Å². The van der Waals surface area contributed by atoms with E-state index in [0.717, 1.165) is 27.6 Å². The number of nitrogens with zero attached hydrogens (tertiary/aromatic N) is 3. The summed E-state index contributed by atoms with van der Waals surface area (Å²) in [5, 5.41) is 22.6. The minimum Gasteiger partial charge on any atom is -0.505 e. The minimum atomic E-state index is 0.0915. The predicted molar refractivity (Wildman–Crippen MR) is 126 cm³/mol. The molecule has 0 fully saturated rings. The van der Waals surface area contributed by atoms with E-state index in [1.165, 1.54) is 0 Å². The van der Waals surface area contributed by atoms with Gasteiger partial charge in [0.25, 0.3) is 0 Å². The highest BCUT2D eigenvalue weighted by Crippen LogP contribution is 2.33. The number of nitrogens with two attached hydrogens (primary N) is 2. The van der Waals surface area contributed by atoms with Gasteiger partial charge in [0.2, 0.25) is 5.89 Å². The number of nitrogen functional groups attached to an aromatic ring is 2. The molecule has 2 heterocycles. The average molecular weight is 426 g/mol. The molecule has 3 aromatic carbocycles. The third-order valence-electron chi connectivity index (χ3n) is 4.76. The summed E-state index contributed by atoms with van der Waals surface area (Å²) < 4.78 is 5.03. The third-order valence-corrected chi connectivity index (χ3v) is 4.76. The normalized spacial score (nSPS) is 10.4. The molecule has 0 aliphatic rings. The predicted octanol–water partition coefficient (Wildman–Crippen LogP) is 4.45. The maximum Gasteiger partial charge on any atom is 0.313 e. The highest BCUT2D eigenvalue weighted by molar-refractivity contribution is 5.96. The number of rotatable bonds is 4. The zero-order valence-corrected chi connectivity index (χ0v) is 17.1. The van der Waals surface area contributed by atoms with Crippen LogP contribution in [-0.2, 0) is 6.54 Å². The summed E-state index contributed by atoms with van der Waals surface area (Å²) in [6.07, 6.45) is 3.44. The van der Waals surface area contributed by atoms with Crippen molar-refractivity contribution in [3.63, 3.8) is 0 Å². The molecule has 0 unspecified atom stereocenters. The number of pyridine rings is 1. The second kappa shape index (κ2) is 9.48. The van der Waals surface area contributed by atoms with Gasteiger partial charge in [-0.3, -0.25) is 4.98 Å². The molecule has 0 saturated carbocycles. The lowest BCUT2D eigenvalue weighted by molar-refractivity contribution is 0.472. The Hall–Kier alpha value is -4.59. The van der Waals surface area contributed by atoms with Crippen molar-refractivity contribution in [3.8, 4) is 17.2 Å². The van der Waals surface area contributed by atoms with Crippen LogP contribution < -0.4 is 16.8 Å². The third kappa shape index (κ3) is 4.76. The second-order valence-electron chi connectivity index (χ2n) is 6.92. The molecule has 160 valence electrons. The summed E-state index contributed by atoms with van der Waals surface area (Å²) in [6, 6.07) is 23.0. The molecular weight excluding hydrogens is 404 g/mol. The van der Waals surface area contributed by atoms with Gasteiger partial charge in [0.1, 0.15) is 5.75 Å². The topological polar surface area (TPSA) is 136 Å². The van der Waals surface area contributed by atoms with E-state index < -0.39 is 0 Å². The van der Waals surface area contributed by atoms with Gasteiger partial charge in [-0.25, -0.2) is 0 Å². The number of fused-ring (bicyclic) bond motifs is 1. The van der Waals surface area contributed by atoms with Crippen LogP contribution in [0.1, 0.15) is 5.56 Å². The van der Waals surface area contributed by atoms with E-state index >= 15 is 0 Å². The van der Waals surface area contributed by atoms with Crippen molar-refractivity contribution in [2.75, 3.05) is 16.8 Å². The summed E-state index contributed by atoms with van der Waals surface area (Å²) in [7, 11) is 0. The van der Waals surface area contributed by atoms with Crippen molar-refractivity contribution in [2.24, 2.45) is 0 Å². The largest absolute Gasteiger partial charge is 0.505 e. The lowest BCUT2D eigenvalue weighted by Crippen LogP contribution is -2.01. The molecular formula is C24H22N6O2. The quantitative estimate of drug-likeness (QED) is 0.244. The number of benzene rings is 3. The van der Waals surface area contributed by atoms with Crippen molar-refractivity contribution < 1.29 is 9.52 Å². The van der Waals surface area contributed by atoms with Crippen LogP contribution in [0.25, 0.3) is 22.2 Å². The highest BCUT2D eigenvalue weighted by atomic mass is 16.4. The van der Waals surface area contributed by atoms with Gasteiger partial charge in [0, 0.05) is 41.1 Å². The second-order valence-corrected chi connectivity index (χ2v) is 6.92. The summed E-state index contributed by atoms with van der Waals surface area (Å²) >= 11 is 0. The number of hydrogen-bond acceptors (Lipinski definition) is 8. The number of nitrogens with one attached hydrogen (secondary N) is 1. The molecule has 6 N–H and O–H groups in total. The van der Waals surface area contributed by atoms with Gasteiger partial charge < -0.3 is 26.3 Å². The fourth-order valence-corrected chi connectivity index (χ4v) is 3.16. The Kier molecular flexibility index (Phi) is 6.12. The summed E-state index contributed by atoms with van der Waals surface area (Å²) in [6.45, 7) is 0.505. The number of phenolic OH excluding ortho intramolecular Hbond substituents is 1. The Labute approximate surface area is 184 Å². The lowest BCUT2D eigenvalue weighted by atomic mass is 10.0. The monoisotopic (exact) mass is 426 g/mol. The average Bonchev–Trinajstić information content (AvgIpc) is 3.28. The molecule has 5 rings (SSSR count). The molecule has 0 amide bonds. The Balaban J connectivity index is 0.000000174. The van der Waals surface area contributed by atoms with E-state index in [1.807, 2.05) is 72.8 Å². The lowest BCUT2D eigenvalue weighted by Gasteiger charge is -2.12. The number of aromatic nitrogens is 3. The standard InChI is InChI=1S/C16H15N3O.C8H7N3O/c17-15-14-4-2-1-3-11(14)9-12(16(15)20)10-19-13-5-7-18-8-6-13;9-8-11-10-7(12-8)6-4-2-1-3-5-6/h1-9,20H,10,17H2,(H,18,19);1-5H,(H2,9,11). The molecule has 0 radical (unpaired) electrons. The van der Waals surface area contributed by atoms with E-state index in [2.05, 4.69) is 20.5 Å². The Morgan fingerprint density at radius 3 is 2.31 bits per heavy atom. The first-order chi connectivity index (χ1) is 15.6. The highest BCUT2D eigenvalue weighted by Gasteiger charge is 2.09. The van der Waals surface area contributed by atoms with Crippen LogP contribution >= 0.6 is 0 Å². The maximum absolute atomic E-state index is 10.2. The smallest absolute Gasteiger partial charge is 0.313 e. The number of anilines is 3. The molecule has 0 aliphatic heterocycles. The Bertz CT molecular complexity index is 1310. The van der Waals surface area contributed by atoms with Crippen LogP contribution in [0.2, 0.25) is 0 Å². The molecule has 8 nitrogen and oxygen atoms in total. The number of hydrogen-bond donors (Lipinski definition) is 4. The van der Waals surface area contributed by atoms with Crippen molar-refractivity contribution in [1.82, 2.24) is 15.2 Å². The molecule has 0 saturated heterocycles. The first kappa shape index (κ1) is 20.7. The van der Waals surface area contributed by atoms with Crippen LogP contribution in [0.4, 0.5) is 17.4 Å². The van der Waals surface area contributed by atoms with Crippen molar-refractivity contribution >= 4 is 28.2 Å². The fraction of sp³-hybridized carbons (Fsp3) is 0.0417. The first-order valence-electron chi connectivity index (χ1n) is 9.89. The Morgan fingerprint density at radius 1 is 0.875 bits per heavy atom. The van der Waals surface area contributed by atoms with Gasteiger partial charge in [-0.2, -0.15) is 0 Å². The van der Waals surface area contributed by atoms with Gasteiger partial charge in [-0.15, -0.1) is 5.10 Å². The summed E-state index contributed by atoms with van der Waals surface area (Å²) in [4.78, 5) is 3.96. The van der Waals surface area contributed by atoms with Gasteiger partial charge in [0.05, 0.1) is 5.69 Å². The molecule has 2 aromatic heterocycles. The molecule has 5 aromatic rings. The van der Waals surface area contributed by atoms with Crippen LogP contribution in [0.3, 0.4) is 0 Å². The summed E-state index contributed by atoms with van der Waals surface area (Å²) in [5.41, 5.74) is 14.3. The molecule has 32 heavy (non-hydrogen) atoms. The molecule has 0 atom stereocenters. The van der Waals surface area contributed by atoms with Crippen LogP contribution in [-0.4, -0.2) is 20.3 Å². The maximum atomic E-state index is 10.2. The first-order valence-corrected chi connectivity index (χ1v) is 9.89. The zero-order chi connectivity index (χ0) is 22.3. The zero-order valence-electron chi connectivity index (χ0n) is 17.1. The number of phenols is 1. The number of aromatic hydroxyl groups is 1. The SMILES string of the molecule is Nc1c(O)c(CNc2ccncc2)cc2ccccc12.Nc1nnc(-c2ccccc2)o1. The molecule has 8 heteroatoms. The fourth-order valence-electron chi connectivity index (χ4n) is 3.16.